The fourth-order valence-corrected chi connectivity index (χ4v) is 4.18. The summed E-state index contributed by atoms with van der Waals surface area (Å²) >= 11 is 2.03. The smallest absolute Gasteiger partial charge is 0.0751 e. The third kappa shape index (κ3) is 2.86. The summed E-state index contributed by atoms with van der Waals surface area (Å²) in [7, 11) is 0. The van der Waals surface area contributed by atoms with Gasteiger partial charge in [0.05, 0.1) is 12.2 Å². The van der Waals surface area contributed by atoms with Crippen molar-refractivity contribution in [1.82, 2.24) is 0 Å². The Bertz CT molecular complexity index is 354. The molecule has 0 aliphatic carbocycles. The first-order valence-corrected chi connectivity index (χ1v) is 7.26. The van der Waals surface area contributed by atoms with Crippen LogP contribution in [0, 0.1) is 5.41 Å². The zero-order valence-corrected chi connectivity index (χ0v) is 12.0. The molecule has 1 nitrogen and oxygen atoms in total. The molecule has 1 unspecified atom stereocenters. The van der Waals surface area contributed by atoms with Crippen molar-refractivity contribution in [2.24, 2.45) is 5.41 Å². The van der Waals surface area contributed by atoms with Crippen molar-refractivity contribution < 1.29 is 4.74 Å². The molecule has 1 aliphatic rings. The first-order chi connectivity index (χ1) is 7.92. The van der Waals surface area contributed by atoms with E-state index in [9.17, 15) is 0 Å². The highest BCUT2D eigenvalue weighted by molar-refractivity contribution is 7.99. The SMILES string of the molecule is CC1(C)COC(C)(C)C1SCc1ccccc1. The third-order valence-corrected chi connectivity index (χ3v) is 5.46. The second-order valence-electron chi connectivity index (χ2n) is 6.06. The topological polar surface area (TPSA) is 9.23 Å². The Labute approximate surface area is 109 Å². The molecule has 1 atom stereocenters. The van der Waals surface area contributed by atoms with Crippen molar-refractivity contribution in [3.05, 3.63) is 35.9 Å². The van der Waals surface area contributed by atoms with Crippen LogP contribution >= 0.6 is 11.8 Å². The molecule has 17 heavy (non-hydrogen) atoms. The van der Waals surface area contributed by atoms with Gasteiger partial charge in [-0.25, -0.2) is 0 Å². The lowest BCUT2D eigenvalue weighted by Gasteiger charge is -2.32. The van der Waals surface area contributed by atoms with Crippen LogP contribution in [0.25, 0.3) is 0 Å². The quantitative estimate of drug-likeness (QED) is 0.798. The predicted octanol–water partition coefficient (Wildman–Crippen LogP) is 4.12. The summed E-state index contributed by atoms with van der Waals surface area (Å²) < 4.78 is 5.94. The van der Waals surface area contributed by atoms with Gasteiger partial charge < -0.3 is 4.74 Å². The van der Waals surface area contributed by atoms with Crippen LogP contribution in [0.2, 0.25) is 0 Å². The molecular weight excluding hydrogens is 228 g/mol. The van der Waals surface area contributed by atoms with E-state index in [-0.39, 0.29) is 11.0 Å². The summed E-state index contributed by atoms with van der Waals surface area (Å²) in [4.78, 5) is 0. The highest BCUT2D eigenvalue weighted by Crippen LogP contribution is 2.47. The molecule has 1 saturated heterocycles. The summed E-state index contributed by atoms with van der Waals surface area (Å²) in [6, 6.07) is 10.7. The fourth-order valence-electron chi connectivity index (χ4n) is 2.64. The van der Waals surface area contributed by atoms with Crippen LogP contribution < -0.4 is 0 Å². The van der Waals surface area contributed by atoms with Gasteiger partial charge in [-0.2, -0.15) is 11.8 Å². The molecule has 2 heteroatoms. The second-order valence-corrected chi connectivity index (χ2v) is 7.15. The Morgan fingerprint density at radius 1 is 1.18 bits per heavy atom. The number of rotatable bonds is 3. The Morgan fingerprint density at radius 3 is 2.35 bits per heavy atom. The summed E-state index contributed by atoms with van der Waals surface area (Å²) in [6.07, 6.45) is 0. The Kier molecular flexibility index (Phi) is 3.55. The van der Waals surface area contributed by atoms with Crippen LogP contribution in [0.4, 0.5) is 0 Å². The lowest BCUT2D eigenvalue weighted by Crippen LogP contribution is -2.36. The molecule has 0 amide bonds. The molecule has 1 aliphatic heterocycles. The minimum Gasteiger partial charge on any atom is -0.374 e. The lowest BCUT2D eigenvalue weighted by molar-refractivity contribution is 0.0345. The van der Waals surface area contributed by atoms with Gasteiger partial charge in [0, 0.05) is 16.4 Å². The van der Waals surface area contributed by atoms with E-state index in [1.165, 1.54) is 5.56 Å². The van der Waals surface area contributed by atoms with Crippen molar-refractivity contribution in [1.29, 1.82) is 0 Å². The number of ether oxygens (including phenoxy) is 1. The van der Waals surface area contributed by atoms with E-state index in [2.05, 4.69) is 58.0 Å². The zero-order valence-electron chi connectivity index (χ0n) is 11.2. The molecule has 1 fully saturated rings. The van der Waals surface area contributed by atoms with Gasteiger partial charge in [-0.05, 0) is 19.4 Å². The molecule has 0 spiro atoms. The second kappa shape index (κ2) is 4.66. The van der Waals surface area contributed by atoms with Crippen molar-refractivity contribution in [2.45, 2.75) is 44.3 Å². The summed E-state index contributed by atoms with van der Waals surface area (Å²) in [6.45, 7) is 9.91. The molecule has 1 aromatic rings. The van der Waals surface area contributed by atoms with Crippen molar-refractivity contribution in [3.63, 3.8) is 0 Å². The molecule has 0 N–H and O–H groups in total. The number of hydrogen-bond acceptors (Lipinski definition) is 2. The first-order valence-electron chi connectivity index (χ1n) is 6.21. The molecule has 1 heterocycles. The molecule has 94 valence electrons. The van der Waals surface area contributed by atoms with Gasteiger partial charge in [0.15, 0.2) is 0 Å². The van der Waals surface area contributed by atoms with E-state index < -0.39 is 0 Å². The monoisotopic (exact) mass is 250 g/mol. The van der Waals surface area contributed by atoms with E-state index >= 15 is 0 Å². The lowest BCUT2D eigenvalue weighted by atomic mass is 9.85. The number of hydrogen-bond donors (Lipinski definition) is 0. The Morgan fingerprint density at radius 2 is 1.82 bits per heavy atom. The van der Waals surface area contributed by atoms with Crippen LogP contribution in [0.3, 0.4) is 0 Å². The van der Waals surface area contributed by atoms with E-state index in [1.807, 2.05) is 11.8 Å². The van der Waals surface area contributed by atoms with Gasteiger partial charge in [-0.1, -0.05) is 44.2 Å². The van der Waals surface area contributed by atoms with Crippen molar-refractivity contribution in [3.8, 4) is 0 Å². The maximum atomic E-state index is 5.94. The molecular formula is C15H22OS. The molecule has 0 saturated carbocycles. The van der Waals surface area contributed by atoms with Gasteiger partial charge in [0.2, 0.25) is 0 Å². The first kappa shape index (κ1) is 13.0. The van der Waals surface area contributed by atoms with E-state index in [4.69, 9.17) is 4.74 Å². The number of thioether (sulfide) groups is 1. The molecule has 1 aromatic carbocycles. The van der Waals surface area contributed by atoms with Gasteiger partial charge in [0.25, 0.3) is 0 Å². The molecule has 0 radical (unpaired) electrons. The van der Waals surface area contributed by atoms with Gasteiger partial charge in [-0.15, -0.1) is 0 Å². The highest BCUT2D eigenvalue weighted by atomic mass is 32.2. The van der Waals surface area contributed by atoms with Crippen LogP contribution in [0.5, 0.6) is 0 Å². The molecule has 2 rings (SSSR count). The van der Waals surface area contributed by atoms with Crippen LogP contribution in [-0.4, -0.2) is 17.5 Å². The van der Waals surface area contributed by atoms with E-state index in [0.29, 0.717) is 5.25 Å². The minimum absolute atomic E-state index is 0.0110. The largest absolute Gasteiger partial charge is 0.374 e. The summed E-state index contributed by atoms with van der Waals surface area (Å²) in [5.74, 6) is 1.07. The van der Waals surface area contributed by atoms with Crippen LogP contribution in [0.1, 0.15) is 33.3 Å². The zero-order chi connectivity index (χ0) is 12.5. The predicted molar refractivity (Wildman–Crippen MR) is 75.3 cm³/mol. The highest BCUT2D eigenvalue weighted by Gasteiger charge is 2.48. The van der Waals surface area contributed by atoms with Gasteiger partial charge >= 0.3 is 0 Å². The van der Waals surface area contributed by atoms with Crippen molar-refractivity contribution >= 4 is 11.8 Å². The normalized spacial score (nSPS) is 26.0. The Hall–Kier alpha value is -0.470. The fraction of sp³-hybridized carbons (Fsp3) is 0.600. The standard InChI is InChI=1S/C15H22OS/c1-14(2)11-16-15(3,4)13(14)17-10-12-8-6-5-7-9-12/h5-9,13H,10-11H2,1-4H3. The van der Waals surface area contributed by atoms with Crippen LogP contribution in [-0.2, 0) is 10.5 Å². The summed E-state index contributed by atoms with van der Waals surface area (Å²) in [5.41, 5.74) is 1.65. The van der Waals surface area contributed by atoms with E-state index in [0.717, 1.165) is 12.4 Å². The third-order valence-electron chi connectivity index (χ3n) is 3.42. The molecule has 0 aromatic heterocycles. The average Bonchev–Trinajstić information content (AvgIpc) is 2.48. The summed E-state index contributed by atoms with van der Waals surface area (Å²) in [5, 5.41) is 0.551. The van der Waals surface area contributed by atoms with Gasteiger partial charge in [0.1, 0.15) is 0 Å². The maximum Gasteiger partial charge on any atom is 0.0751 e. The number of benzene rings is 1. The minimum atomic E-state index is -0.0110. The Balaban J connectivity index is 2.03. The van der Waals surface area contributed by atoms with E-state index in [1.54, 1.807) is 0 Å². The van der Waals surface area contributed by atoms with Crippen LogP contribution in [0.15, 0.2) is 30.3 Å². The van der Waals surface area contributed by atoms with Gasteiger partial charge in [-0.3, -0.25) is 0 Å². The van der Waals surface area contributed by atoms with Crippen molar-refractivity contribution in [2.75, 3.05) is 6.61 Å². The molecule has 0 bridgehead atoms. The average molecular weight is 250 g/mol. The maximum absolute atomic E-state index is 5.94.